The van der Waals surface area contributed by atoms with E-state index in [1.54, 1.807) is 6.92 Å². The first-order valence-electron chi connectivity index (χ1n) is 4.57. The van der Waals surface area contributed by atoms with E-state index in [2.05, 4.69) is 4.98 Å². The van der Waals surface area contributed by atoms with Crippen LogP contribution in [-0.2, 0) is 0 Å². The van der Waals surface area contributed by atoms with Gasteiger partial charge < -0.3 is 4.74 Å². The van der Waals surface area contributed by atoms with Crippen LogP contribution in [0.4, 0.5) is 4.79 Å². The summed E-state index contributed by atoms with van der Waals surface area (Å²) in [5, 5.41) is 1.25. The van der Waals surface area contributed by atoms with E-state index >= 15 is 0 Å². The molecule has 0 atom stereocenters. The van der Waals surface area contributed by atoms with Gasteiger partial charge in [0.1, 0.15) is 5.01 Å². The van der Waals surface area contributed by atoms with Crippen LogP contribution in [0.25, 0.3) is 10.6 Å². The van der Waals surface area contributed by atoms with Gasteiger partial charge >= 0.3 is 5.43 Å². The molecule has 0 aliphatic heterocycles. The van der Waals surface area contributed by atoms with Crippen LogP contribution in [0, 0.1) is 6.92 Å². The predicted octanol–water partition coefficient (Wildman–Crippen LogP) is 3.86. The van der Waals surface area contributed by atoms with Crippen molar-refractivity contribution in [3.8, 4) is 15.6 Å². The van der Waals surface area contributed by atoms with Gasteiger partial charge in [-0.1, -0.05) is 41.7 Å². The number of nitrogens with zero attached hydrogens (tertiary/aromatic N) is 1. The molecule has 0 radical (unpaired) electrons. The van der Waals surface area contributed by atoms with Crippen molar-refractivity contribution in [2.24, 2.45) is 0 Å². The Hall–Kier alpha value is -1.39. The van der Waals surface area contributed by atoms with E-state index in [9.17, 15) is 4.79 Å². The Morgan fingerprint density at radius 3 is 2.69 bits per heavy atom. The van der Waals surface area contributed by atoms with Gasteiger partial charge in [0.05, 0.1) is 5.69 Å². The normalized spacial score (nSPS) is 10.1. The van der Waals surface area contributed by atoms with E-state index < -0.39 is 5.43 Å². The van der Waals surface area contributed by atoms with Crippen LogP contribution in [0.1, 0.15) is 5.69 Å². The number of thiazole rings is 1. The van der Waals surface area contributed by atoms with Crippen molar-refractivity contribution in [2.45, 2.75) is 6.92 Å². The summed E-state index contributed by atoms with van der Waals surface area (Å²) < 4.78 is 4.83. The van der Waals surface area contributed by atoms with Gasteiger partial charge in [0.2, 0.25) is 5.06 Å². The van der Waals surface area contributed by atoms with E-state index in [0.717, 1.165) is 10.6 Å². The molecule has 3 nitrogen and oxygen atoms in total. The zero-order valence-electron chi connectivity index (χ0n) is 8.44. The van der Waals surface area contributed by atoms with E-state index in [1.807, 2.05) is 30.3 Å². The van der Waals surface area contributed by atoms with E-state index in [0.29, 0.717) is 10.8 Å². The molecule has 5 heteroatoms. The molecule has 1 aromatic carbocycles. The number of hydrogen-bond donors (Lipinski definition) is 0. The Bertz CT molecular complexity index is 510. The third-order valence-electron chi connectivity index (χ3n) is 1.95. The van der Waals surface area contributed by atoms with Gasteiger partial charge in [-0.3, -0.25) is 0 Å². The van der Waals surface area contributed by atoms with Gasteiger partial charge in [0.15, 0.2) is 0 Å². The molecule has 1 aromatic heterocycles. The van der Waals surface area contributed by atoms with Crippen molar-refractivity contribution in [2.75, 3.05) is 0 Å². The molecule has 0 bridgehead atoms. The molecule has 1 heterocycles. The number of halogens is 1. The molecule has 0 N–H and O–H groups in total. The monoisotopic (exact) mass is 253 g/mol. The molecule has 0 amide bonds. The third kappa shape index (κ3) is 2.40. The lowest BCUT2D eigenvalue weighted by Gasteiger charge is -1.93. The minimum atomic E-state index is -0.841. The number of carbonyl (C=O) groups is 1. The van der Waals surface area contributed by atoms with Crippen molar-refractivity contribution < 1.29 is 9.53 Å². The molecule has 0 fully saturated rings. The quantitative estimate of drug-likeness (QED) is 0.763. The second kappa shape index (κ2) is 4.63. The van der Waals surface area contributed by atoms with Gasteiger partial charge in [0, 0.05) is 17.2 Å². The molecule has 2 rings (SSSR count). The summed E-state index contributed by atoms with van der Waals surface area (Å²) in [7, 11) is 0. The van der Waals surface area contributed by atoms with Gasteiger partial charge in [0.25, 0.3) is 0 Å². The van der Waals surface area contributed by atoms with Crippen molar-refractivity contribution in [3.05, 3.63) is 36.0 Å². The summed E-state index contributed by atoms with van der Waals surface area (Å²) in [6, 6.07) is 9.69. The largest absolute Gasteiger partial charge is 0.410 e. The minimum absolute atomic E-state index is 0.443. The summed E-state index contributed by atoms with van der Waals surface area (Å²) in [6.07, 6.45) is 0. The molecule has 0 aliphatic carbocycles. The van der Waals surface area contributed by atoms with Gasteiger partial charge in [-0.15, -0.1) is 0 Å². The van der Waals surface area contributed by atoms with Gasteiger partial charge in [-0.05, 0) is 6.92 Å². The predicted molar refractivity (Wildman–Crippen MR) is 64.2 cm³/mol. The Balaban J connectivity index is 2.34. The average molecular weight is 254 g/mol. The highest BCUT2D eigenvalue weighted by molar-refractivity contribution is 7.17. The highest BCUT2D eigenvalue weighted by Gasteiger charge is 2.12. The number of aromatic nitrogens is 1. The van der Waals surface area contributed by atoms with Crippen LogP contribution in [0.5, 0.6) is 5.06 Å². The first kappa shape index (κ1) is 11.1. The van der Waals surface area contributed by atoms with E-state index in [4.69, 9.17) is 16.3 Å². The Kier molecular flexibility index (Phi) is 3.22. The lowest BCUT2D eigenvalue weighted by atomic mass is 10.2. The van der Waals surface area contributed by atoms with Crippen LogP contribution < -0.4 is 4.74 Å². The zero-order chi connectivity index (χ0) is 11.5. The maximum absolute atomic E-state index is 10.6. The van der Waals surface area contributed by atoms with Gasteiger partial charge in [-0.25, -0.2) is 9.78 Å². The molecular weight excluding hydrogens is 246 g/mol. The fourth-order valence-electron chi connectivity index (χ4n) is 1.25. The summed E-state index contributed by atoms with van der Waals surface area (Å²) in [4.78, 5) is 14.9. The summed E-state index contributed by atoms with van der Waals surface area (Å²) in [5.41, 5.74) is 0.816. The summed E-state index contributed by atoms with van der Waals surface area (Å²) in [5.74, 6) is 0. The lowest BCUT2D eigenvalue weighted by molar-refractivity contribution is 0.226. The molecule has 16 heavy (non-hydrogen) atoms. The SMILES string of the molecule is Cc1nc(-c2ccccc2)sc1OC(=O)Cl. The topological polar surface area (TPSA) is 39.2 Å². The van der Waals surface area contributed by atoms with E-state index in [1.165, 1.54) is 11.3 Å². The molecule has 2 aromatic rings. The highest BCUT2D eigenvalue weighted by atomic mass is 35.5. The first-order valence-corrected chi connectivity index (χ1v) is 5.76. The Morgan fingerprint density at radius 2 is 2.06 bits per heavy atom. The lowest BCUT2D eigenvalue weighted by Crippen LogP contribution is -1.94. The Morgan fingerprint density at radius 1 is 1.38 bits per heavy atom. The van der Waals surface area contributed by atoms with Crippen molar-refractivity contribution in [1.82, 2.24) is 4.98 Å². The molecule has 0 saturated carbocycles. The second-order valence-electron chi connectivity index (χ2n) is 3.10. The van der Waals surface area contributed by atoms with Crippen molar-refractivity contribution in [1.29, 1.82) is 0 Å². The zero-order valence-corrected chi connectivity index (χ0v) is 10.0. The van der Waals surface area contributed by atoms with Crippen LogP contribution >= 0.6 is 22.9 Å². The number of aryl methyl sites for hydroxylation is 1. The molecule has 82 valence electrons. The Labute approximate surface area is 102 Å². The maximum atomic E-state index is 10.6. The maximum Gasteiger partial charge on any atom is 0.410 e. The second-order valence-corrected chi connectivity index (χ2v) is 4.37. The van der Waals surface area contributed by atoms with Crippen molar-refractivity contribution >= 4 is 28.4 Å². The molecule has 0 spiro atoms. The third-order valence-corrected chi connectivity index (χ3v) is 3.11. The molecule has 0 unspecified atom stereocenters. The number of rotatable bonds is 2. The molecule has 0 saturated heterocycles. The number of carbonyl (C=O) groups excluding carboxylic acids is 1. The van der Waals surface area contributed by atoms with Crippen LogP contribution in [0.3, 0.4) is 0 Å². The van der Waals surface area contributed by atoms with Gasteiger partial charge in [-0.2, -0.15) is 0 Å². The smallest absolute Gasteiger partial charge is 0.401 e. The first-order chi connectivity index (χ1) is 7.66. The highest BCUT2D eigenvalue weighted by Crippen LogP contribution is 2.33. The van der Waals surface area contributed by atoms with Crippen molar-refractivity contribution in [3.63, 3.8) is 0 Å². The number of hydrogen-bond acceptors (Lipinski definition) is 4. The summed E-state index contributed by atoms with van der Waals surface area (Å²) in [6.45, 7) is 1.78. The van der Waals surface area contributed by atoms with Crippen LogP contribution in [0.15, 0.2) is 30.3 Å². The minimum Gasteiger partial charge on any atom is -0.401 e. The van der Waals surface area contributed by atoms with Crippen LogP contribution in [-0.4, -0.2) is 10.4 Å². The fraction of sp³-hybridized carbons (Fsp3) is 0.0909. The molecular formula is C11H8ClNO2S. The standard InChI is InChI=1S/C11H8ClNO2S/c1-7-10(15-11(12)14)16-9(13-7)8-5-3-2-4-6-8/h2-6H,1H3. The number of ether oxygens (including phenoxy) is 1. The fourth-order valence-corrected chi connectivity index (χ4v) is 2.30. The summed E-state index contributed by atoms with van der Waals surface area (Å²) >= 11 is 6.46. The van der Waals surface area contributed by atoms with Crippen LogP contribution in [0.2, 0.25) is 0 Å². The van der Waals surface area contributed by atoms with E-state index in [-0.39, 0.29) is 0 Å². The molecule has 0 aliphatic rings. The average Bonchev–Trinajstić information content (AvgIpc) is 2.61. The number of benzene rings is 1.